The van der Waals surface area contributed by atoms with Gasteiger partial charge in [0.2, 0.25) is 0 Å². The molecule has 0 radical (unpaired) electrons. The summed E-state index contributed by atoms with van der Waals surface area (Å²) in [6.07, 6.45) is 2.98. The van der Waals surface area contributed by atoms with Crippen LogP contribution in [0.2, 0.25) is 0 Å². The van der Waals surface area contributed by atoms with E-state index in [9.17, 15) is 14.7 Å². The summed E-state index contributed by atoms with van der Waals surface area (Å²) >= 11 is 0. The van der Waals surface area contributed by atoms with E-state index in [4.69, 9.17) is 4.52 Å². The van der Waals surface area contributed by atoms with Crippen LogP contribution in [0.15, 0.2) is 16.8 Å². The molecule has 7 heteroatoms. The summed E-state index contributed by atoms with van der Waals surface area (Å²) in [5.74, 6) is -1.50. The molecule has 1 aliphatic carbocycles. The van der Waals surface area contributed by atoms with Crippen LogP contribution in [0.5, 0.6) is 0 Å². The molecule has 2 aromatic rings. The van der Waals surface area contributed by atoms with Gasteiger partial charge in [0.05, 0.1) is 16.6 Å². The second-order valence-corrected chi connectivity index (χ2v) is 5.58. The Hall–Kier alpha value is -2.44. The highest BCUT2D eigenvalue weighted by Crippen LogP contribution is 2.39. The van der Waals surface area contributed by atoms with E-state index >= 15 is 0 Å². The van der Waals surface area contributed by atoms with Gasteiger partial charge in [0.15, 0.2) is 0 Å². The molecule has 0 saturated heterocycles. The van der Waals surface area contributed by atoms with E-state index in [0.29, 0.717) is 22.4 Å². The van der Waals surface area contributed by atoms with Crippen molar-refractivity contribution in [2.24, 2.45) is 5.92 Å². The number of hydrogen-bond donors (Lipinski definition) is 2. The summed E-state index contributed by atoms with van der Waals surface area (Å²) in [5.41, 5.74) is 0.0416. The Kier molecular flexibility index (Phi) is 2.93. The highest BCUT2D eigenvalue weighted by atomic mass is 16.5. The Morgan fingerprint density at radius 1 is 1.48 bits per heavy atom. The average Bonchev–Trinajstić information content (AvgIpc) is 3.24. The number of amides is 1. The molecule has 1 aliphatic rings. The van der Waals surface area contributed by atoms with Gasteiger partial charge in [0.25, 0.3) is 11.6 Å². The maximum absolute atomic E-state index is 12.3. The number of carboxylic acids is 1. The third-order valence-corrected chi connectivity index (χ3v) is 3.98. The Morgan fingerprint density at radius 3 is 2.81 bits per heavy atom. The Bertz CT molecular complexity index is 735. The highest BCUT2D eigenvalue weighted by molar-refractivity contribution is 5.99. The molecule has 1 atom stereocenters. The van der Waals surface area contributed by atoms with E-state index in [1.54, 1.807) is 19.9 Å². The number of aryl methyl sites for hydroxylation is 1. The molecule has 0 spiro atoms. The second-order valence-electron chi connectivity index (χ2n) is 5.58. The number of carboxylic acid groups (broad SMARTS) is 1. The van der Waals surface area contributed by atoms with Crippen molar-refractivity contribution in [3.8, 4) is 0 Å². The van der Waals surface area contributed by atoms with Crippen LogP contribution in [0.25, 0.3) is 11.1 Å². The quantitative estimate of drug-likeness (QED) is 0.884. The van der Waals surface area contributed by atoms with Crippen molar-refractivity contribution in [2.45, 2.75) is 32.2 Å². The van der Waals surface area contributed by atoms with Gasteiger partial charge in [0.1, 0.15) is 5.54 Å². The number of fused-ring (bicyclic) bond motifs is 1. The van der Waals surface area contributed by atoms with Gasteiger partial charge in [0, 0.05) is 6.20 Å². The standard InChI is InChI=1S/C14H15N3O4/c1-7-10-5-8(6-15-12(10)21-17-7)11(18)16-14(2,13(19)20)9-3-4-9/h5-6,9H,3-4H2,1-2H3,(H,16,18)(H,19,20). The lowest BCUT2D eigenvalue weighted by molar-refractivity contribution is -0.144. The van der Waals surface area contributed by atoms with E-state index in [-0.39, 0.29) is 5.92 Å². The third kappa shape index (κ3) is 2.24. The number of nitrogens with zero attached hydrogens (tertiary/aromatic N) is 2. The predicted molar refractivity (Wildman–Crippen MR) is 72.8 cm³/mol. The monoisotopic (exact) mass is 289 g/mol. The van der Waals surface area contributed by atoms with Crippen molar-refractivity contribution in [1.82, 2.24) is 15.5 Å². The molecule has 0 aliphatic heterocycles. The van der Waals surface area contributed by atoms with E-state index in [1.165, 1.54) is 6.20 Å². The molecule has 2 N–H and O–H groups in total. The zero-order valence-corrected chi connectivity index (χ0v) is 11.7. The largest absolute Gasteiger partial charge is 0.480 e. The number of nitrogens with one attached hydrogen (secondary N) is 1. The first-order chi connectivity index (χ1) is 9.91. The van der Waals surface area contributed by atoms with Crippen LogP contribution >= 0.6 is 0 Å². The molecule has 1 unspecified atom stereocenters. The molecule has 3 rings (SSSR count). The summed E-state index contributed by atoms with van der Waals surface area (Å²) in [7, 11) is 0. The van der Waals surface area contributed by atoms with Gasteiger partial charge in [-0.3, -0.25) is 4.79 Å². The Morgan fingerprint density at radius 2 is 2.19 bits per heavy atom. The molecule has 1 saturated carbocycles. The van der Waals surface area contributed by atoms with Crippen molar-refractivity contribution in [3.05, 3.63) is 23.5 Å². The van der Waals surface area contributed by atoms with Crippen molar-refractivity contribution >= 4 is 23.0 Å². The number of aliphatic carboxylic acids is 1. The molecule has 7 nitrogen and oxygen atoms in total. The molecule has 2 aromatic heterocycles. The van der Waals surface area contributed by atoms with Crippen LogP contribution in [0.4, 0.5) is 0 Å². The molecule has 1 fully saturated rings. The summed E-state index contributed by atoms with van der Waals surface area (Å²) in [4.78, 5) is 27.8. The maximum atomic E-state index is 12.3. The zero-order valence-electron chi connectivity index (χ0n) is 11.7. The summed E-state index contributed by atoms with van der Waals surface area (Å²) in [6, 6.07) is 1.61. The second kappa shape index (κ2) is 4.54. The SMILES string of the molecule is Cc1noc2ncc(C(=O)NC(C)(C(=O)O)C3CC3)cc12. The molecule has 1 amide bonds. The zero-order chi connectivity index (χ0) is 15.2. The van der Waals surface area contributed by atoms with Crippen LogP contribution in [0.3, 0.4) is 0 Å². The van der Waals surface area contributed by atoms with E-state index in [1.807, 2.05) is 0 Å². The lowest BCUT2D eigenvalue weighted by Crippen LogP contribution is -2.54. The molecule has 0 aromatic carbocycles. The number of pyridine rings is 1. The summed E-state index contributed by atoms with van der Waals surface area (Å²) in [5, 5.41) is 16.4. The maximum Gasteiger partial charge on any atom is 0.329 e. The molecule has 21 heavy (non-hydrogen) atoms. The van der Waals surface area contributed by atoms with Crippen molar-refractivity contribution < 1.29 is 19.2 Å². The van der Waals surface area contributed by atoms with Crippen LogP contribution in [-0.4, -0.2) is 32.7 Å². The van der Waals surface area contributed by atoms with Crippen LogP contribution < -0.4 is 5.32 Å². The lowest BCUT2D eigenvalue weighted by Gasteiger charge is -2.26. The number of carbonyl (C=O) groups is 2. The number of hydrogen-bond acceptors (Lipinski definition) is 5. The smallest absolute Gasteiger partial charge is 0.329 e. The van der Waals surface area contributed by atoms with Gasteiger partial charge < -0.3 is 14.9 Å². The molecular formula is C14H15N3O4. The van der Waals surface area contributed by atoms with E-state index in [0.717, 1.165) is 12.8 Å². The van der Waals surface area contributed by atoms with Crippen LogP contribution in [0.1, 0.15) is 35.8 Å². The first kappa shape index (κ1) is 13.5. The first-order valence-corrected chi connectivity index (χ1v) is 6.70. The summed E-state index contributed by atoms with van der Waals surface area (Å²) < 4.78 is 4.98. The van der Waals surface area contributed by atoms with E-state index < -0.39 is 17.4 Å². The average molecular weight is 289 g/mol. The van der Waals surface area contributed by atoms with Gasteiger partial charge in [-0.15, -0.1) is 0 Å². The van der Waals surface area contributed by atoms with Gasteiger partial charge in [-0.25, -0.2) is 9.78 Å². The first-order valence-electron chi connectivity index (χ1n) is 6.70. The topological polar surface area (TPSA) is 105 Å². The minimum absolute atomic E-state index is 0.0204. The van der Waals surface area contributed by atoms with E-state index in [2.05, 4.69) is 15.5 Å². The van der Waals surface area contributed by atoms with Crippen molar-refractivity contribution in [1.29, 1.82) is 0 Å². The number of rotatable bonds is 4. The fourth-order valence-electron chi connectivity index (χ4n) is 2.37. The lowest BCUT2D eigenvalue weighted by atomic mass is 9.95. The van der Waals surface area contributed by atoms with Gasteiger partial charge in [-0.05, 0) is 38.7 Å². The Labute approximate surface area is 120 Å². The normalized spacial score (nSPS) is 17.4. The van der Waals surface area contributed by atoms with Crippen molar-refractivity contribution in [3.63, 3.8) is 0 Å². The van der Waals surface area contributed by atoms with Gasteiger partial charge in [-0.1, -0.05) is 5.16 Å². The molecular weight excluding hydrogens is 274 g/mol. The number of carbonyl (C=O) groups excluding carboxylic acids is 1. The third-order valence-electron chi connectivity index (χ3n) is 3.98. The minimum atomic E-state index is -1.24. The van der Waals surface area contributed by atoms with Gasteiger partial charge >= 0.3 is 5.97 Å². The van der Waals surface area contributed by atoms with Crippen LogP contribution in [0, 0.1) is 12.8 Å². The molecule has 110 valence electrons. The van der Waals surface area contributed by atoms with Crippen LogP contribution in [-0.2, 0) is 4.79 Å². The predicted octanol–water partition coefficient (Wildman–Crippen LogP) is 1.51. The van der Waals surface area contributed by atoms with Gasteiger partial charge in [-0.2, -0.15) is 0 Å². The van der Waals surface area contributed by atoms with Crippen molar-refractivity contribution in [2.75, 3.05) is 0 Å². The molecule has 2 heterocycles. The Balaban J connectivity index is 1.89. The fourth-order valence-corrected chi connectivity index (χ4v) is 2.37. The molecule has 0 bridgehead atoms. The summed E-state index contributed by atoms with van der Waals surface area (Å²) in [6.45, 7) is 3.29. The highest BCUT2D eigenvalue weighted by Gasteiger charge is 2.48. The number of aromatic nitrogens is 2. The fraction of sp³-hybridized carbons (Fsp3) is 0.429. The minimum Gasteiger partial charge on any atom is -0.480 e.